The molecular formula is C24H26Cl2F2O7. The largest absolute Gasteiger partial charge is 0.493 e. The molecule has 0 unspecified atom stereocenters. The maximum absolute atomic E-state index is 13.9. The third-order valence-corrected chi connectivity index (χ3v) is 4.53. The average molecular weight is 535 g/mol. The first-order valence-electron chi connectivity index (χ1n) is 10.6. The first-order valence-corrected chi connectivity index (χ1v) is 11.4. The van der Waals surface area contributed by atoms with Gasteiger partial charge in [0.1, 0.15) is 11.5 Å². The van der Waals surface area contributed by atoms with Crippen LogP contribution < -0.4 is 9.47 Å². The standard InChI is InChI=1S/C12H13ClF2O3.C12H13ClO4/c1-3-17-10-7-8(13)5-6-9(10)12(14,15)11(16)18-4-2;1-3-16-10-7-8(13)5-6-9(10)11(14)12(15)17-4-2/h5-7H,3-4H2,1-2H3;5-7H,3-4H2,1-2H3. The second kappa shape index (κ2) is 14.5. The molecule has 192 valence electrons. The minimum absolute atomic E-state index is 0.119. The topological polar surface area (TPSA) is 88.1 Å². The Morgan fingerprint density at radius 2 is 1.29 bits per heavy atom. The number of carbonyl (C=O) groups is 3. The van der Waals surface area contributed by atoms with Gasteiger partial charge < -0.3 is 18.9 Å². The van der Waals surface area contributed by atoms with Crippen molar-refractivity contribution in [2.24, 2.45) is 0 Å². The fourth-order valence-corrected chi connectivity index (χ4v) is 2.95. The predicted octanol–water partition coefficient (Wildman–Crippen LogP) is 5.88. The van der Waals surface area contributed by atoms with Crippen LogP contribution in [0.3, 0.4) is 0 Å². The molecule has 0 bridgehead atoms. The Hall–Kier alpha value is -2.91. The molecule has 0 spiro atoms. The van der Waals surface area contributed by atoms with E-state index in [0.717, 1.165) is 6.07 Å². The van der Waals surface area contributed by atoms with Crippen LogP contribution in [0.4, 0.5) is 8.78 Å². The van der Waals surface area contributed by atoms with Crippen LogP contribution in [0.5, 0.6) is 11.5 Å². The van der Waals surface area contributed by atoms with E-state index in [1.807, 2.05) is 0 Å². The summed E-state index contributed by atoms with van der Waals surface area (Å²) in [5.41, 5.74) is -0.387. The molecule has 0 atom stereocenters. The summed E-state index contributed by atoms with van der Waals surface area (Å²) in [5.74, 6) is -6.82. The second-order valence-corrected chi connectivity index (χ2v) is 7.36. The molecule has 7 nitrogen and oxygen atoms in total. The van der Waals surface area contributed by atoms with E-state index in [1.165, 1.54) is 37.3 Å². The Labute approximate surface area is 212 Å². The summed E-state index contributed by atoms with van der Waals surface area (Å²) in [6.45, 7) is 7.12. The number of rotatable bonds is 10. The fourth-order valence-electron chi connectivity index (χ4n) is 2.63. The highest BCUT2D eigenvalue weighted by atomic mass is 35.5. The zero-order valence-electron chi connectivity index (χ0n) is 19.7. The molecule has 0 radical (unpaired) electrons. The average Bonchev–Trinajstić information content (AvgIpc) is 2.80. The Kier molecular flexibility index (Phi) is 12.5. The van der Waals surface area contributed by atoms with Crippen molar-refractivity contribution >= 4 is 40.9 Å². The molecule has 11 heteroatoms. The molecule has 2 aromatic rings. The molecule has 0 amide bonds. The minimum atomic E-state index is -3.76. The quantitative estimate of drug-likeness (QED) is 0.213. The highest BCUT2D eigenvalue weighted by Gasteiger charge is 2.45. The molecule has 0 aromatic heterocycles. The summed E-state index contributed by atoms with van der Waals surface area (Å²) < 4.78 is 47.0. The van der Waals surface area contributed by atoms with Crippen molar-refractivity contribution in [2.45, 2.75) is 33.6 Å². The first kappa shape index (κ1) is 30.1. The Bertz CT molecular complexity index is 1030. The lowest BCUT2D eigenvalue weighted by Gasteiger charge is -2.18. The smallest absolute Gasteiger partial charge is 0.382 e. The monoisotopic (exact) mass is 534 g/mol. The molecule has 2 rings (SSSR count). The van der Waals surface area contributed by atoms with E-state index in [0.29, 0.717) is 11.6 Å². The molecule has 35 heavy (non-hydrogen) atoms. The van der Waals surface area contributed by atoms with Gasteiger partial charge in [0.25, 0.3) is 5.78 Å². The summed E-state index contributed by atoms with van der Waals surface area (Å²) in [7, 11) is 0. The summed E-state index contributed by atoms with van der Waals surface area (Å²) >= 11 is 11.5. The fraction of sp³-hybridized carbons (Fsp3) is 0.375. The molecule has 0 aliphatic rings. The van der Waals surface area contributed by atoms with Crippen LogP contribution in [0, 0.1) is 0 Å². The van der Waals surface area contributed by atoms with Crippen molar-refractivity contribution in [1.29, 1.82) is 0 Å². The lowest BCUT2D eigenvalue weighted by atomic mass is 10.1. The maximum Gasteiger partial charge on any atom is 0.382 e. The van der Waals surface area contributed by atoms with Crippen molar-refractivity contribution in [3.8, 4) is 11.5 Å². The van der Waals surface area contributed by atoms with Crippen LogP contribution in [0.2, 0.25) is 10.0 Å². The highest BCUT2D eigenvalue weighted by Crippen LogP contribution is 2.37. The predicted molar refractivity (Wildman–Crippen MR) is 127 cm³/mol. The minimum Gasteiger partial charge on any atom is -0.493 e. The molecule has 0 fully saturated rings. The van der Waals surface area contributed by atoms with Crippen molar-refractivity contribution in [1.82, 2.24) is 0 Å². The van der Waals surface area contributed by atoms with Gasteiger partial charge in [0.2, 0.25) is 0 Å². The molecule has 2 aromatic carbocycles. The van der Waals surface area contributed by atoms with E-state index in [4.69, 9.17) is 32.7 Å². The number of carbonyl (C=O) groups excluding carboxylic acids is 3. The van der Waals surface area contributed by atoms with Crippen molar-refractivity contribution in [3.63, 3.8) is 0 Å². The highest BCUT2D eigenvalue weighted by molar-refractivity contribution is 6.41. The Morgan fingerprint density at radius 1 is 0.771 bits per heavy atom. The van der Waals surface area contributed by atoms with Gasteiger partial charge in [-0.25, -0.2) is 9.59 Å². The summed E-state index contributed by atoms with van der Waals surface area (Å²) in [5, 5.41) is 0.690. The molecule has 0 aliphatic carbocycles. The maximum atomic E-state index is 13.9. The summed E-state index contributed by atoms with van der Waals surface area (Å²) in [4.78, 5) is 34.3. The number of esters is 2. The number of ketones is 1. The summed E-state index contributed by atoms with van der Waals surface area (Å²) in [6.07, 6.45) is 0. The third kappa shape index (κ3) is 8.67. The zero-order valence-corrected chi connectivity index (χ0v) is 21.2. The number of halogens is 4. The molecule has 0 saturated heterocycles. The van der Waals surface area contributed by atoms with E-state index in [-0.39, 0.29) is 41.9 Å². The number of Topliss-reactive ketones (excluding diaryl/α,β-unsaturated/α-hetero) is 1. The van der Waals surface area contributed by atoms with Crippen molar-refractivity contribution in [2.75, 3.05) is 26.4 Å². The van der Waals surface area contributed by atoms with Gasteiger partial charge in [-0.3, -0.25) is 4.79 Å². The molecular weight excluding hydrogens is 509 g/mol. The number of hydrogen-bond acceptors (Lipinski definition) is 7. The molecule has 0 N–H and O–H groups in total. The van der Waals surface area contributed by atoms with E-state index in [2.05, 4.69) is 9.47 Å². The van der Waals surface area contributed by atoms with E-state index in [1.54, 1.807) is 20.8 Å². The van der Waals surface area contributed by atoms with Crippen LogP contribution in [0.25, 0.3) is 0 Å². The van der Waals surface area contributed by atoms with E-state index in [9.17, 15) is 23.2 Å². The van der Waals surface area contributed by atoms with E-state index < -0.39 is 29.2 Å². The van der Waals surface area contributed by atoms with Gasteiger partial charge in [0, 0.05) is 10.0 Å². The number of hydrogen-bond donors (Lipinski definition) is 0. The second-order valence-electron chi connectivity index (χ2n) is 6.49. The normalized spacial score (nSPS) is 10.5. The van der Waals surface area contributed by atoms with Gasteiger partial charge in [-0.1, -0.05) is 23.2 Å². The first-order chi connectivity index (χ1) is 16.5. The Balaban J connectivity index is 0.000000351. The van der Waals surface area contributed by atoms with Crippen LogP contribution in [0.15, 0.2) is 36.4 Å². The molecule has 0 heterocycles. The number of ether oxygens (including phenoxy) is 4. The lowest BCUT2D eigenvalue weighted by molar-refractivity contribution is -0.173. The molecule has 0 aliphatic heterocycles. The van der Waals surface area contributed by atoms with Crippen molar-refractivity contribution < 1.29 is 42.1 Å². The van der Waals surface area contributed by atoms with Gasteiger partial charge >= 0.3 is 17.9 Å². The van der Waals surface area contributed by atoms with Gasteiger partial charge in [0.05, 0.1) is 37.6 Å². The lowest BCUT2D eigenvalue weighted by Crippen LogP contribution is -2.29. The van der Waals surface area contributed by atoms with Crippen LogP contribution >= 0.6 is 23.2 Å². The van der Waals surface area contributed by atoms with Gasteiger partial charge in [-0.05, 0) is 64.1 Å². The van der Waals surface area contributed by atoms with Crippen LogP contribution in [-0.2, 0) is 25.0 Å². The van der Waals surface area contributed by atoms with Gasteiger partial charge in [-0.15, -0.1) is 0 Å². The third-order valence-electron chi connectivity index (χ3n) is 4.06. The number of benzene rings is 2. The number of alkyl halides is 2. The zero-order chi connectivity index (χ0) is 26.6. The van der Waals surface area contributed by atoms with Crippen LogP contribution in [-0.4, -0.2) is 44.1 Å². The van der Waals surface area contributed by atoms with Crippen LogP contribution in [0.1, 0.15) is 43.6 Å². The van der Waals surface area contributed by atoms with Crippen molar-refractivity contribution in [3.05, 3.63) is 57.6 Å². The Morgan fingerprint density at radius 3 is 1.83 bits per heavy atom. The van der Waals surface area contributed by atoms with Gasteiger partial charge in [0.15, 0.2) is 0 Å². The van der Waals surface area contributed by atoms with E-state index >= 15 is 0 Å². The summed E-state index contributed by atoms with van der Waals surface area (Å²) in [6, 6.07) is 8.05. The van der Waals surface area contributed by atoms with Gasteiger partial charge in [-0.2, -0.15) is 8.78 Å². The SMILES string of the molecule is CCOC(=O)C(=O)c1ccc(Cl)cc1OCC.CCOC(=O)C(F)(F)c1ccc(Cl)cc1OCC. The molecule has 0 saturated carbocycles.